The first-order chi connectivity index (χ1) is 14.5. The van der Waals surface area contributed by atoms with E-state index in [2.05, 4.69) is 11.1 Å². The third kappa shape index (κ3) is 4.31. The molecule has 0 aliphatic rings. The molecule has 1 amide bonds. The fourth-order valence-corrected chi connectivity index (χ4v) is 4.04. The van der Waals surface area contributed by atoms with Crippen molar-refractivity contribution in [1.29, 1.82) is 0 Å². The highest BCUT2D eigenvalue weighted by Gasteiger charge is 2.22. The quantitative estimate of drug-likeness (QED) is 0.437. The third-order valence-corrected chi connectivity index (χ3v) is 5.87. The van der Waals surface area contributed by atoms with Gasteiger partial charge in [0, 0.05) is 6.20 Å². The molecule has 0 N–H and O–H groups in total. The van der Waals surface area contributed by atoms with E-state index >= 15 is 0 Å². The lowest BCUT2D eigenvalue weighted by Gasteiger charge is -2.19. The molecule has 0 aliphatic heterocycles. The van der Waals surface area contributed by atoms with E-state index in [0.717, 1.165) is 27.0 Å². The number of amides is 1. The van der Waals surface area contributed by atoms with Gasteiger partial charge in [0.05, 0.1) is 22.5 Å². The largest absolute Gasteiger partial charge is 0.484 e. The molecule has 4 rings (SSSR count). The fraction of sp³-hybridized carbons (Fsp3) is 0.174. The minimum absolute atomic E-state index is 0.188. The number of carbonyl (C=O) groups is 1. The number of hydrogen-bond acceptors (Lipinski definition) is 5. The van der Waals surface area contributed by atoms with Gasteiger partial charge in [-0.2, -0.15) is 0 Å². The number of ether oxygens (including phenoxy) is 1. The Bertz CT molecular complexity index is 1180. The summed E-state index contributed by atoms with van der Waals surface area (Å²) >= 11 is 1.46. The molecule has 4 aromatic rings. The van der Waals surface area contributed by atoms with Crippen LogP contribution in [0.25, 0.3) is 10.2 Å². The molecule has 0 unspecified atom stereocenters. The van der Waals surface area contributed by atoms with Gasteiger partial charge >= 0.3 is 0 Å². The number of aryl methyl sites for hydroxylation is 2. The van der Waals surface area contributed by atoms with Gasteiger partial charge in [0.25, 0.3) is 5.91 Å². The first-order valence-electron chi connectivity index (χ1n) is 9.46. The maximum atomic E-state index is 13.1. The van der Waals surface area contributed by atoms with Gasteiger partial charge in [0.1, 0.15) is 11.6 Å². The first-order valence-corrected chi connectivity index (χ1v) is 10.3. The topological polar surface area (TPSA) is 55.3 Å². The first kappa shape index (κ1) is 20.0. The van der Waals surface area contributed by atoms with Crippen LogP contribution in [0, 0.1) is 19.7 Å². The van der Waals surface area contributed by atoms with Crippen LogP contribution in [0.1, 0.15) is 16.8 Å². The summed E-state index contributed by atoms with van der Waals surface area (Å²) in [6.07, 6.45) is 1.69. The molecule has 2 aromatic heterocycles. The molecule has 0 fully saturated rings. The van der Waals surface area contributed by atoms with Crippen LogP contribution in [0.4, 0.5) is 9.52 Å². The maximum absolute atomic E-state index is 13.1. The Morgan fingerprint density at radius 1 is 1.10 bits per heavy atom. The second-order valence-corrected chi connectivity index (χ2v) is 7.90. The SMILES string of the molecule is Cc1ccc2sc(N(Cc3ccccn3)C(=O)COc3ccc(F)cc3)nc2c1C. The zero-order chi connectivity index (χ0) is 21.1. The van der Waals surface area contributed by atoms with Crippen LogP contribution in [-0.4, -0.2) is 22.5 Å². The van der Waals surface area contributed by atoms with E-state index < -0.39 is 0 Å². The summed E-state index contributed by atoms with van der Waals surface area (Å²) in [6.45, 7) is 4.17. The molecule has 2 aromatic carbocycles. The number of rotatable bonds is 6. The maximum Gasteiger partial charge on any atom is 0.267 e. The Morgan fingerprint density at radius 2 is 1.90 bits per heavy atom. The number of thiazole rings is 1. The normalized spacial score (nSPS) is 10.9. The number of pyridine rings is 1. The Labute approximate surface area is 177 Å². The third-order valence-electron chi connectivity index (χ3n) is 4.83. The van der Waals surface area contributed by atoms with Crippen molar-refractivity contribution in [3.63, 3.8) is 0 Å². The van der Waals surface area contributed by atoms with Crippen LogP contribution in [0.3, 0.4) is 0 Å². The Balaban J connectivity index is 1.63. The molecule has 2 heterocycles. The number of hydrogen-bond donors (Lipinski definition) is 0. The lowest BCUT2D eigenvalue weighted by molar-refractivity contribution is -0.120. The van der Waals surface area contributed by atoms with Gasteiger partial charge in [0.2, 0.25) is 0 Å². The second kappa shape index (κ2) is 8.59. The molecule has 7 heteroatoms. The number of carbonyl (C=O) groups excluding carboxylic acids is 1. The van der Waals surface area contributed by atoms with Crippen molar-refractivity contribution < 1.29 is 13.9 Å². The number of anilines is 1. The molecule has 152 valence electrons. The molecule has 0 saturated heterocycles. The predicted octanol–water partition coefficient (Wildman–Crippen LogP) is 5.06. The Hall–Kier alpha value is -3.32. The van der Waals surface area contributed by atoms with Gasteiger partial charge in [-0.25, -0.2) is 9.37 Å². The summed E-state index contributed by atoms with van der Waals surface area (Å²) in [5.74, 6) is -0.178. The molecule has 0 saturated carbocycles. The lowest BCUT2D eigenvalue weighted by Crippen LogP contribution is -2.34. The number of benzene rings is 2. The van der Waals surface area contributed by atoms with E-state index in [1.54, 1.807) is 11.1 Å². The van der Waals surface area contributed by atoms with Crippen LogP contribution in [0.2, 0.25) is 0 Å². The molecular weight excluding hydrogens is 401 g/mol. The van der Waals surface area contributed by atoms with Crippen LogP contribution in [0.15, 0.2) is 60.8 Å². The molecule has 0 aliphatic carbocycles. The summed E-state index contributed by atoms with van der Waals surface area (Å²) in [4.78, 5) is 23.8. The van der Waals surface area contributed by atoms with Crippen molar-refractivity contribution in [1.82, 2.24) is 9.97 Å². The Morgan fingerprint density at radius 3 is 2.63 bits per heavy atom. The average molecular weight is 421 g/mol. The van der Waals surface area contributed by atoms with E-state index in [0.29, 0.717) is 10.9 Å². The minimum Gasteiger partial charge on any atom is -0.484 e. The summed E-state index contributed by atoms with van der Waals surface area (Å²) in [6, 6.07) is 15.2. The molecule has 5 nitrogen and oxygen atoms in total. The van der Waals surface area contributed by atoms with Crippen molar-refractivity contribution in [2.75, 3.05) is 11.5 Å². The predicted molar refractivity (Wildman–Crippen MR) is 116 cm³/mol. The number of fused-ring (bicyclic) bond motifs is 1. The smallest absolute Gasteiger partial charge is 0.267 e. The van der Waals surface area contributed by atoms with Crippen LogP contribution in [-0.2, 0) is 11.3 Å². The number of aromatic nitrogens is 2. The van der Waals surface area contributed by atoms with E-state index in [-0.39, 0.29) is 24.9 Å². The molecule has 30 heavy (non-hydrogen) atoms. The van der Waals surface area contributed by atoms with Gasteiger partial charge in [0.15, 0.2) is 11.7 Å². The van der Waals surface area contributed by atoms with Gasteiger partial charge in [-0.1, -0.05) is 23.5 Å². The highest BCUT2D eigenvalue weighted by atomic mass is 32.1. The van der Waals surface area contributed by atoms with E-state index in [1.807, 2.05) is 38.1 Å². The minimum atomic E-state index is -0.356. The second-order valence-electron chi connectivity index (χ2n) is 6.89. The summed E-state index contributed by atoms with van der Waals surface area (Å²) < 4.78 is 19.7. The monoisotopic (exact) mass is 421 g/mol. The van der Waals surface area contributed by atoms with Gasteiger partial charge < -0.3 is 4.74 Å². The van der Waals surface area contributed by atoms with Crippen LogP contribution >= 0.6 is 11.3 Å². The van der Waals surface area contributed by atoms with Crippen molar-refractivity contribution in [3.8, 4) is 5.75 Å². The van der Waals surface area contributed by atoms with Gasteiger partial charge in [-0.05, 0) is 67.4 Å². The Kier molecular flexibility index (Phi) is 5.72. The van der Waals surface area contributed by atoms with Gasteiger partial charge in [-0.15, -0.1) is 0 Å². The highest BCUT2D eigenvalue weighted by molar-refractivity contribution is 7.22. The lowest BCUT2D eigenvalue weighted by atomic mass is 10.1. The van der Waals surface area contributed by atoms with Crippen LogP contribution < -0.4 is 9.64 Å². The summed E-state index contributed by atoms with van der Waals surface area (Å²) in [5, 5.41) is 0.594. The molecule has 0 radical (unpaired) electrons. The van der Waals surface area contributed by atoms with Crippen molar-refractivity contribution in [2.24, 2.45) is 0 Å². The summed E-state index contributed by atoms with van der Waals surface area (Å²) in [7, 11) is 0. The number of nitrogens with zero attached hydrogens (tertiary/aromatic N) is 3. The van der Waals surface area contributed by atoms with Crippen molar-refractivity contribution >= 4 is 32.6 Å². The highest BCUT2D eigenvalue weighted by Crippen LogP contribution is 2.32. The standard InChI is InChI=1S/C23H20FN3O2S/c1-15-6-11-20-22(16(15)2)26-23(30-20)27(13-18-5-3-4-12-25-18)21(28)14-29-19-9-7-17(24)8-10-19/h3-12H,13-14H2,1-2H3. The molecular formula is C23H20FN3O2S. The zero-order valence-electron chi connectivity index (χ0n) is 16.6. The van der Waals surface area contributed by atoms with E-state index in [1.165, 1.54) is 35.6 Å². The van der Waals surface area contributed by atoms with Crippen molar-refractivity contribution in [3.05, 3.63) is 83.4 Å². The fourth-order valence-electron chi connectivity index (χ4n) is 3.00. The van der Waals surface area contributed by atoms with Crippen LogP contribution in [0.5, 0.6) is 5.75 Å². The molecule has 0 bridgehead atoms. The van der Waals surface area contributed by atoms with Gasteiger partial charge in [-0.3, -0.25) is 14.7 Å². The average Bonchev–Trinajstić information content (AvgIpc) is 3.19. The van der Waals surface area contributed by atoms with E-state index in [4.69, 9.17) is 9.72 Å². The number of halogens is 1. The van der Waals surface area contributed by atoms with E-state index in [9.17, 15) is 9.18 Å². The van der Waals surface area contributed by atoms with Crippen molar-refractivity contribution in [2.45, 2.75) is 20.4 Å². The summed E-state index contributed by atoms with van der Waals surface area (Å²) in [5.41, 5.74) is 3.90. The molecule has 0 spiro atoms. The molecule has 0 atom stereocenters. The zero-order valence-corrected chi connectivity index (χ0v) is 17.4.